The zero-order valence-electron chi connectivity index (χ0n) is 10.3. The second-order valence-electron chi connectivity index (χ2n) is 4.36. The van der Waals surface area contributed by atoms with E-state index in [4.69, 9.17) is 34.8 Å². The highest BCUT2D eigenvalue weighted by atomic mass is 35.5. The predicted molar refractivity (Wildman–Crippen MR) is 82.0 cm³/mol. The zero-order valence-corrected chi connectivity index (χ0v) is 12.6. The molecule has 1 unspecified atom stereocenters. The van der Waals surface area contributed by atoms with E-state index in [1.165, 1.54) is 0 Å². The highest BCUT2D eigenvalue weighted by Gasteiger charge is 2.25. The average molecular weight is 330 g/mol. The van der Waals surface area contributed by atoms with Gasteiger partial charge in [-0.25, -0.2) is 0 Å². The van der Waals surface area contributed by atoms with Crippen molar-refractivity contribution in [3.63, 3.8) is 0 Å². The van der Waals surface area contributed by atoms with Gasteiger partial charge in [-0.05, 0) is 36.2 Å². The smallest absolute Gasteiger partial charge is 0.311 e. The van der Waals surface area contributed by atoms with Crippen LogP contribution in [-0.4, -0.2) is 11.1 Å². The number of carbonyl (C=O) groups is 1. The average Bonchev–Trinajstić information content (AvgIpc) is 2.37. The molecular weight excluding hydrogens is 319 g/mol. The molecule has 0 aromatic heterocycles. The number of carboxylic acids is 1. The van der Waals surface area contributed by atoms with Crippen LogP contribution >= 0.6 is 34.8 Å². The Morgan fingerprint density at radius 3 is 2.20 bits per heavy atom. The van der Waals surface area contributed by atoms with Crippen LogP contribution < -0.4 is 0 Å². The fourth-order valence-corrected chi connectivity index (χ4v) is 2.93. The van der Waals surface area contributed by atoms with E-state index in [0.29, 0.717) is 20.6 Å². The summed E-state index contributed by atoms with van der Waals surface area (Å²) >= 11 is 18.1. The van der Waals surface area contributed by atoms with Gasteiger partial charge in [-0.15, -0.1) is 0 Å². The van der Waals surface area contributed by atoms with E-state index in [2.05, 4.69) is 0 Å². The fourth-order valence-electron chi connectivity index (χ4n) is 2.06. The molecule has 2 aromatic rings. The third-order valence-electron chi connectivity index (χ3n) is 2.98. The summed E-state index contributed by atoms with van der Waals surface area (Å²) in [5, 5.41) is 10.7. The molecule has 0 aliphatic carbocycles. The molecule has 20 heavy (non-hydrogen) atoms. The SMILES string of the molecule is O=C(O)C(Cc1cccc(Cl)c1)c1c(Cl)cccc1Cl. The van der Waals surface area contributed by atoms with Crippen LogP contribution in [0.3, 0.4) is 0 Å². The molecule has 1 N–H and O–H groups in total. The van der Waals surface area contributed by atoms with E-state index in [9.17, 15) is 9.90 Å². The maximum absolute atomic E-state index is 11.5. The van der Waals surface area contributed by atoms with Gasteiger partial charge in [0, 0.05) is 20.6 Å². The second kappa shape index (κ2) is 6.49. The Hall–Kier alpha value is -1.22. The van der Waals surface area contributed by atoms with Crippen molar-refractivity contribution in [2.75, 3.05) is 0 Å². The fraction of sp³-hybridized carbons (Fsp3) is 0.133. The highest BCUT2D eigenvalue weighted by Crippen LogP contribution is 2.34. The van der Waals surface area contributed by atoms with E-state index in [1.54, 1.807) is 36.4 Å². The molecule has 0 radical (unpaired) electrons. The molecular formula is C15H11Cl3O2. The molecule has 2 nitrogen and oxygen atoms in total. The molecule has 0 aliphatic rings. The standard InChI is InChI=1S/C15H11Cl3O2/c16-10-4-1-3-9(7-10)8-11(15(19)20)14-12(17)5-2-6-13(14)18/h1-7,11H,8H2,(H,19,20). The van der Waals surface area contributed by atoms with Crippen LogP contribution in [0.2, 0.25) is 15.1 Å². The van der Waals surface area contributed by atoms with E-state index < -0.39 is 11.9 Å². The molecule has 0 amide bonds. The summed E-state index contributed by atoms with van der Waals surface area (Å²) in [5.41, 5.74) is 1.25. The Balaban J connectivity index is 2.40. The van der Waals surface area contributed by atoms with Crippen LogP contribution in [0.4, 0.5) is 0 Å². The summed E-state index contributed by atoms with van der Waals surface area (Å²) < 4.78 is 0. The first-order valence-electron chi connectivity index (χ1n) is 5.90. The lowest BCUT2D eigenvalue weighted by atomic mass is 9.92. The lowest BCUT2D eigenvalue weighted by Crippen LogP contribution is -2.15. The molecule has 5 heteroatoms. The third kappa shape index (κ3) is 3.45. The van der Waals surface area contributed by atoms with Gasteiger partial charge in [0.25, 0.3) is 0 Å². The predicted octanol–water partition coefficient (Wildman–Crippen LogP) is 5.06. The van der Waals surface area contributed by atoms with Crippen LogP contribution in [-0.2, 0) is 11.2 Å². The molecule has 1 atom stereocenters. The van der Waals surface area contributed by atoms with Crippen LogP contribution in [0.15, 0.2) is 42.5 Å². The molecule has 0 heterocycles. The summed E-state index contributed by atoms with van der Waals surface area (Å²) in [5.74, 6) is -1.78. The van der Waals surface area contributed by atoms with Crippen LogP contribution in [0.1, 0.15) is 17.0 Å². The largest absolute Gasteiger partial charge is 0.481 e. The summed E-state index contributed by atoms with van der Waals surface area (Å²) in [6.45, 7) is 0. The Kier molecular flexibility index (Phi) is 4.92. The quantitative estimate of drug-likeness (QED) is 0.851. The van der Waals surface area contributed by atoms with Crippen molar-refractivity contribution >= 4 is 40.8 Å². The molecule has 2 aromatic carbocycles. The van der Waals surface area contributed by atoms with Crippen LogP contribution in [0.25, 0.3) is 0 Å². The van der Waals surface area contributed by atoms with Gasteiger partial charge >= 0.3 is 5.97 Å². The van der Waals surface area contributed by atoms with Gasteiger partial charge in [0.15, 0.2) is 0 Å². The summed E-state index contributed by atoms with van der Waals surface area (Å²) in [6, 6.07) is 12.0. The molecule has 0 saturated carbocycles. The minimum absolute atomic E-state index is 0.277. The number of aliphatic carboxylic acids is 1. The normalized spacial score (nSPS) is 12.2. The Morgan fingerprint density at radius 1 is 1.05 bits per heavy atom. The molecule has 0 saturated heterocycles. The van der Waals surface area contributed by atoms with Crippen LogP contribution in [0.5, 0.6) is 0 Å². The maximum atomic E-state index is 11.5. The number of hydrogen-bond donors (Lipinski definition) is 1. The van der Waals surface area contributed by atoms with E-state index in [-0.39, 0.29) is 6.42 Å². The van der Waals surface area contributed by atoms with E-state index >= 15 is 0 Å². The van der Waals surface area contributed by atoms with E-state index in [0.717, 1.165) is 5.56 Å². The van der Waals surface area contributed by atoms with Crippen molar-refractivity contribution in [2.45, 2.75) is 12.3 Å². The monoisotopic (exact) mass is 328 g/mol. The molecule has 0 spiro atoms. The first-order chi connectivity index (χ1) is 9.49. The summed E-state index contributed by atoms with van der Waals surface area (Å²) in [4.78, 5) is 11.5. The molecule has 0 fully saturated rings. The molecule has 104 valence electrons. The van der Waals surface area contributed by atoms with Gasteiger partial charge in [-0.1, -0.05) is 53.0 Å². The van der Waals surface area contributed by atoms with Crippen molar-refractivity contribution in [1.82, 2.24) is 0 Å². The number of halogens is 3. The van der Waals surface area contributed by atoms with Crippen molar-refractivity contribution < 1.29 is 9.90 Å². The topological polar surface area (TPSA) is 37.3 Å². The van der Waals surface area contributed by atoms with Crippen molar-refractivity contribution in [3.05, 3.63) is 68.7 Å². The number of benzene rings is 2. The molecule has 0 bridgehead atoms. The number of carboxylic acid groups (broad SMARTS) is 1. The Morgan fingerprint density at radius 2 is 1.65 bits per heavy atom. The number of rotatable bonds is 4. The maximum Gasteiger partial charge on any atom is 0.311 e. The third-order valence-corrected chi connectivity index (χ3v) is 3.87. The summed E-state index contributed by atoms with van der Waals surface area (Å²) in [7, 11) is 0. The minimum Gasteiger partial charge on any atom is -0.481 e. The van der Waals surface area contributed by atoms with Crippen molar-refractivity contribution in [1.29, 1.82) is 0 Å². The highest BCUT2D eigenvalue weighted by molar-refractivity contribution is 6.36. The summed E-state index contributed by atoms with van der Waals surface area (Å²) in [6.07, 6.45) is 0.277. The molecule has 2 rings (SSSR count). The first-order valence-corrected chi connectivity index (χ1v) is 7.03. The Bertz CT molecular complexity index is 621. The van der Waals surface area contributed by atoms with Crippen molar-refractivity contribution in [3.8, 4) is 0 Å². The van der Waals surface area contributed by atoms with Gasteiger partial charge in [0.05, 0.1) is 5.92 Å². The van der Waals surface area contributed by atoms with Gasteiger partial charge in [-0.3, -0.25) is 4.79 Å². The zero-order chi connectivity index (χ0) is 14.7. The number of hydrogen-bond acceptors (Lipinski definition) is 1. The molecule has 0 aliphatic heterocycles. The van der Waals surface area contributed by atoms with E-state index in [1.807, 2.05) is 6.07 Å². The second-order valence-corrected chi connectivity index (χ2v) is 5.61. The van der Waals surface area contributed by atoms with Crippen molar-refractivity contribution in [2.24, 2.45) is 0 Å². The van der Waals surface area contributed by atoms with Gasteiger partial charge in [-0.2, -0.15) is 0 Å². The van der Waals surface area contributed by atoms with Gasteiger partial charge in [0.1, 0.15) is 0 Å². The van der Waals surface area contributed by atoms with Crippen LogP contribution in [0, 0.1) is 0 Å². The van der Waals surface area contributed by atoms with Gasteiger partial charge < -0.3 is 5.11 Å². The Labute approximate surface area is 131 Å². The lowest BCUT2D eigenvalue weighted by molar-refractivity contribution is -0.138. The first kappa shape index (κ1) is 15.2. The lowest BCUT2D eigenvalue weighted by Gasteiger charge is -2.16. The minimum atomic E-state index is -0.972. The van der Waals surface area contributed by atoms with Gasteiger partial charge in [0.2, 0.25) is 0 Å².